The summed E-state index contributed by atoms with van der Waals surface area (Å²) in [5.74, 6) is -1.05. The second-order valence-electron chi connectivity index (χ2n) is 4.37. The summed E-state index contributed by atoms with van der Waals surface area (Å²) >= 11 is 0. The molecule has 0 atom stereocenters. The van der Waals surface area contributed by atoms with E-state index in [1.807, 2.05) is 0 Å². The van der Waals surface area contributed by atoms with Gasteiger partial charge < -0.3 is 9.63 Å². The molecule has 0 spiro atoms. The van der Waals surface area contributed by atoms with Crippen LogP contribution in [0.25, 0.3) is 0 Å². The molecule has 1 aromatic carbocycles. The average Bonchev–Trinajstić information content (AvgIpc) is 2.88. The summed E-state index contributed by atoms with van der Waals surface area (Å²) in [6, 6.07) is 7.68. The molecule has 0 amide bonds. The highest BCUT2D eigenvalue weighted by atomic mass is 32.2. The zero-order valence-electron chi connectivity index (χ0n) is 11.8. The number of nitrogens with zero attached hydrogens (tertiary/aromatic N) is 2. The number of aromatic nitrogens is 1. The lowest BCUT2D eigenvalue weighted by atomic mass is 10.1. The fraction of sp³-hybridized carbons (Fsp3) is 0.154. The zero-order chi connectivity index (χ0) is 16.3. The van der Waals surface area contributed by atoms with Crippen molar-refractivity contribution >= 4 is 21.7 Å². The molecule has 0 unspecified atom stereocenters. The van der Waals surface area contributed by atoms with Gasteiger partial charge in [0.1, 0.15) is 5.76 Å². The summed E-state index contributed by atoms with van der Waals surface area (Å²) < 4.78 is 28.9. The van der Waals surface area contributed by atoms with E-state index in [9.17, 15) is 13.2 Å². The van der Waals surface area contributed by atoms with Gasteiger partial charge in [0.25, 0.3) is 10.0 Å². The van der Waals surface area contributed by atoms with Crippen LogP contribution >= 0.6 is 0 Å². The predicted molar refractivity (Wildman–Crippen MR) is 77.2 cm³/mol. The van der Waals surface area contributed by atoms with Crippen LogP contribution < -0.4 is 4.83 Å². The molecule has 116 valence electrons. The van der Waals surface area contributed by atoms with E-state index in [1.165, 1.54) is 26.0 Å². The number of carbonyl (C=O) groups is 1. The van der Waals surface area contributed by atoms with Crippen LogP contribution in [0.2, 0.25) is 0 Å². The van der Waals surface area contributed by atoms with E-state index in [1.54, 1.807) is 18.2 Å². The van der Waals surface area contributed by atoms with Gasteiger partial charge in [0, 0.05) is 0 Å². The van der Waals surface area contributed by atoms with Crippen LogP contribution in [0, 0.1) is 6.92 Å². The quantitative estimate of drug-likeness (QED) is 0.633. The molecule has 0 saturated carbocycles. The first-order valence-corrected chi connectivity index (χ1v) is 7.62. The van der Waals surface area contributed by atoms with E-state index < -0.39 is 16.0 Å². The van der Waals surface area contributed by atoms with Gasteiger partial charge in [0.2, 0.25) is 5.69 Å². The summed E-state index contributed by atoms with van der Waals surface area (Å²) in [4.78, 5) is 13.1. The van der Waals surface area contributed by atoms with Gasteiger partial charge in [-0.15, -0.1) is 0 Å². The van der Waals surface area contributed by atoms with Crippen LogP contribution in [0.4, 0.5) is 0 Å². The van der Waals surface area contributed by atoms with Gasteiger partial charge in [0.15, 0.2) is 0 Å². The van der Waals surface area contributed by atoms with E-state index in [0.717, 1.165) is 0 Å². The van der Waals surface area contributed by atoms with Crippen molar-refractivity contribution in [3.05, 3.63) is 47.3 Å². The van der Waals surface area contributed by atoms with E-state index in [4.69, 9.17) is 9.63 Å². The van der Waals surface area contributed by atoms with Crippen LogP contribution in [0.15, 0.2) is 44.9 Å². The highest BCUT2D eigenvalue weighted by molar-refractivity contribution is 7.89. The molecular weight excluding hydrogens is 310 g/mol. The number of hydrogen-bond acceptors (Lipinski definition) is 6. The van der Waals surface area contributed by atoms with Gasteiger partial charge in [-0.3, -0.25) is 0 Å². The number of carboxylic acid groups (broad SMARTS) is 1. The SMILES string of the molecule is C/C(=N\NS(=O)(=O)c1ccccc1)c1c(C(=O)O)noc1C. The third kappa shape index (κ3) is 3.14. The van der Waals surface area contributed by atoms with E-state index >= 15 is 0 Å². The number of aromatic carboxylic acids is 1. The first-order valence-electron chi connectivity index (χ1n) is 6.14. The van der Waals surface area contributed by atoms with Crippen LogP contribution in [-0.2, 0) is 10.0 Å². The Hall–Kier alpha value is -2.68. The highest BCUT2D eigenvalue weighted by Crippen LogP contribution is 2.15. The summed E-state index contributed by atoms with van der Waals surface area (Å²) in [5, 5.41) is 16.2. The standard InChI is InChI=1S/C13H13N3O5S/c1-8(11-9(2)21-15-12(11)13(17)18)14-16-22(19,20)10-6-4-3-5-7-10/h3-7,16H,1-2H3,(H,17,18)/b14-8+. The normalized spacial score (nSPS) is 12.2. The fourth-order valence-corrected chi connectivity index (χ4v) is 2.66. The van der Waals surface area contributed by atoms with Crippen molar-refractivity contribution in [2.45, 2.75) is 18.7 Å². The number of rotatable bonds is 5. The lowest BCUT2D eigenvalue weighted by Crippen LogP contribution is -2.20. The Morgan fingerprint density at radius 3 is 2.55 bits per heavy atom. The molecule has 0 bridgehead atoms. The first kappa shape index (κ1) is 15.7. The second-order valence-corrected chi connectivity index (χ2v) is 6.03. The van der Waals surface area contributed by atoms with Crippen LogP contribution in [0.1, 0.15) is 28.7 Å². The molecule has 0 radical (unpaired) electrons. The first-order chi connectivity index (χ1) is 10.3. The largest absolute Gasteiger partial charge is 0.476 e. The minimum Gasteiger partial charge on any atom is -0.476 e. The van der Waals surface area contributed by atoms with E-state index in [0.29, 0.717) is 0 Å². The molecule has 0 aliphatic heterocycles. The van der Waals surface area contributed by atoms with Crippen LogP contribution in [-0.4, -0.2) is 30.4 Å². The fourth-order valence-electron chi connectivity index (χ4n) is 1.78. The number of nitrogens with one attached hydrogen (secondary N) is 1. The number of sulfonamides is 1. The number of aryl methyl sites for hydroxylation is 1. The van der Waals surface area contributed by atoms with Gasteiger partial charge in [-0.2, -0.15) is 18.4 Å². The summed E-state index contributed by atoms with van der Waals surface area (Å²) in [7, 11) is -3.83. The molecule has 0 aliphatic carbocycles. The van der Waals surface area contributed by atoms with Crippen molar-refractivity contribution in [3.8, 4) is 0 Å². The highest BCUT2D eigenvalue weighted by Gasteiger charge is 2.22. The molecule has 2 rings (SSSR count). The summed E-state index contributed by atoms with van der Waals surface area (Å²) in [5.41, 5.74) is -0.0448. The van der Waals surface area contributed by atoms with Crippen molar-refractivity contribution in [2.75, 3.05) is 0 Å². The number of benzene rings is 1. The number of hydrazone groups is 1. The predicted octanol–water partition coefficient (Wildman–Crippen LogP) is 1.38. The Bertz CT molecular complexity index is 825. The van der Waals surface area contributed by atoms with Gasteiger partial charge in [0.05, 0.1) is 16.2 Å². The third-order valence-electron chi connectivity index (χ3n) is 2.81. The molecular formula is C13H13N3O5S. The summed E-state index contributed by atoms with van der Waals surface area (Å²) in [6.07, 6.45) is 0. The minimum atomic E-state index is -3.83. The van der Waals surface area contributed by atoms with Gasteiger partial charge in [-0.1, -0.05) is 23.4 Å². The van der Waals surface area contributed by atoms with Gasteiger partial charge >= 0.3 is 5.97 Å². The lowest BCUT2D eigenvalue weighted by molar-refractivity contribution is 0.0685. The Morgan fingerprint density at radius 1 is 1.32 bits per heavy atom. The number of hydrogen-bond donors (Lipinski definition) is 2. The van der Waals surface area contributed by atoms with Gasteiger partial charge in [-0.05, 0) is 26.0 Å². The van der Waals surface area contributed by atoms with Crippen molar-refractivity contribution < 1.29 is 22.8 Å². The smallest absolute Gasteiger partial charge is 0.358 e. The van der Waals surface area contributed by atoms with Crippen molar-refractivity contribution in [1.29, 1.82) is 0 Å². The Labute approximate surface area is 126 Å². The van der Waals surface area contributed by atoms with E-state index in [2.05, 4.69) is 15.1 Å². The van der Waals surface area contributed by atoms with E-state index in [-0.39, 0.29) is 27.6 Å². The summed E-state index contributed by atoms with van der Waals surface area (Å²) in [6.45, 7) is 2.97. The Kier molecular flexibility index (Phi) is 4.27. The maximum absolute atomic E-state index is 12.0. The molecule has 2 aromatic rings. The average molecular weight is 323 g/mol. The molecule has 1 heterocycles. The topological polar surface area (TPSA) is 122 Å². The molecule has 9 heteroatoms. The molecule has 0 aliphatic rings. The van der Waals surface area contributed by atoms with Crippen LogP contribution in [0.5, 0.6) is 0 Å². The van der Waals surface area contributed by atoms with Crippen molar-refractivity contribution in [3.63, 3.8) is 0 Å². The molecule has 1 aromatic heterocycles. The molecule has 22 heavy (non-hydrogen) atoms. The lowest BCUT2D eigenvalue weighted by Gasteiger charge is -2.04. The number of carboxylic acids is 1. The second kappa shape index (κ2) is 5.98. The maximum atomic E-state index is 12.0. The minimum absolute atomic E-state index is 0.0482. The Balaban J connectivity index is 2.32. The van der Waals surface area contributed by atoms with Crippen molar-refractivity contribution in [1.82, 2.24) is 9.99 Å². The molecule has 0 fully saturated rings. The zero-order valence-corrected chi connectivity index (χ0v) is 12.6. The maximum Gasteiger partial charge on any atom is 0.358 e. The van der Waals surface area contributed by atoms with Crippen LogP contribution in [0.3, 0.4) is 0 Å². The molecule has 2 N–H and O–H groups in total. The molecule has 0 saturated heterocycles. The third-order valence-corrected chi connectivity index (χ3v) is 4.04. The Morgan fingerprint density at radius 2 is 1.95 bits per heavy atom. The van der Waals surface area contributed by atoms with Crippen molar-refractivity contribution in [2.24, 2.45) is 5.10 Å². The molecule has 8 nitrogen and oxygen atoms in total. The van der Waals surface area contributed by atoms with Gasteiger partial charge in [-0.25, -0.2) is 4.79 Å². The monoisotopic (exact) mass is 323 g/mol.